The van der Waals surface area contributed by atoms with Crippen molar-refractivity contribution < 1.29 is 31.9 Å². The first-order valence-corrected chi connectivity index (χ1v) is 4.15. The normalized spacial score (nSPS) is 15.4. The number of carboxylic acid groups (broad SMARTS) is 1. The highest BCUT2D eigenvalue weighted by Gasteiger charge is 2.60. The minimum Gasteiger partial charge on any atom is -0.479 e. The van der Waals surface area contributed by atoms with Crippen LogP contribution in [0.4, 0.5) is 22.0 Å². The Balaban J connectivity index is 3.54. The average molecular weight is 255 g/mol. The Morgan fingerprint density at radius 3 is 2.18 bits per heavy atom. The van der Waals surface area contributed by atoms with Crippen molar-refractivity contribution in [2.24, 2.45) is 5.73 Å². The summed E-state index contributed by atoms with van der Waals surface area (Å²) in [6, 6.07) is 1.04. The van der Waals surface area contributed by atoms with Crippen molar-refractivity contribution in [3.63, 3.8) is 0 Å². The number of halogens is 5. The van der Waals surface area contributed by atoms with Gasteiger partial charge in [0, 0.05) is 5.56 Å². The van der Waals surface area contributed by atoms with Gasteiger partial charge < -0.3 is 10.8 Å². The third-order valence-corrected chi connectivity index (χ3v) is 2.14. The van der Waals surface area contributed by atoms with Gasteiger partial charge >= 0.3 is 12.1 Å². The second-order valence-corrected chi connectivity index (χ2v) is 3.24. The van der Waals surface area contributed by atoms with Crippen LogP contribution >= 0.6 is 0 Å². The molecule has 8 heteroatoms. The predicted octanol–water partition coefficient (Wildman–Crippen LogP) is 1.77. The molecular weight excluding hydrogens is 249 g/mol. The van der Waals surface area contributed by atoms with Gasteiger partial charge in [-0.05, 0) is 18.2 Å². The van der Waals surface area contributed by atoms with Crippen LogP contribution in [0.15, 0.2) is 18.2 Å². The molecule has 1 unspecified atom stereocenters. The number of carbonyl (C=O) groups is 1. The van der Waals surface area contributed by atoms with Crippen LogP contribution in [-0.4, -0.2) is 17.3 Å². The Labute approximate surface area is 91.6 Å². The molecule has 0 amide bonds. The molecule has 0 aliphatic heterocycles. The number of alkyl halides is 3. The van der Waals surface area contributed by atoms with Crippen LogP contribution in [0.1, 0.15) is 5.56 Å². The number of benzene rings is 1. The maximum Gasteiger partial charge on any atom is 0.421 e. The topological polar surface area (TPSA) is 63.3 Å². The van der Waals surface area contributed by atoms with Crippen LogP contribution < -0.4 is 5.73 Å². The Hall–Kier alpha value is -1.70. The highest BCUT2D eigenvalue weighted by atomic mass is 19.4. The molecular formula is C9H6F5NO2. The molecule has 0 aliphatic carbocycles. The minimum atomic E-state index is -5.46. The van der Waals surface area contributed by atoms with Gasteiger partial charge in [0.15, 0.2) is 0 Å². The molecule has 0 bridgehead atoms. The van der Waals surface area contributed by atoms with Crippen molar-refractivity contribution in [2.75, 3.05) is 0 Å². The summed E-state index contributed by atoms with van der Waals surface area (Å²) in [6.45, 7) is 0. The zero-order valence-corrected chi connectivity index (χ0v) is 8.05. The van der Waals surface area contributed by atoms with Gasteiger partial charge in [0.25, 0.3) is 0 Å². The molecule has 1 rings (SSSR count). The zero-order chi connectivity index (χ0) is 13.4. The second-order valence-electron chi connectivity index (χ2n) is 3.24. The number of aliphatic carboxylic acids is 1. The van der Waals surface area contributed by atoms with E-state index in [4.69, 9.17) is 5.11 Å². The van der Waals surface area contributed by atoms with Crippen LogP contribution in [0.2, 0.25) is 0 Å². The highest BCUT2D eigenvalue weighted by Crippen LogP contribution is 2.38. The summed E-state index contributed by atoms with van der Waals surface area (Å²) >= 11 is 0. The fourth-order valence-electron chi connectivity index (χ4n) is 1.19. The maximum absolute atomic E-state index is 13.1. The van der Waals surface area contributed by atoms with E-state index in [0.717, 1.165) is 0 Å². The summed E-state index contributed by atoms with van der Waals surface area (Å²) < 4.78 is 63.6. The number of hydrogen-bond donors (Lipinski definition) is 2. The highest BCUT2D eigenvalue weighted by molar-refractivity contribution is 5.81. The van der Waals surface area contributed by atoms with Crippen molar-refractivity contribution in [1.82, 2.24) is 0 Å². The van der Waals surface area contributed by atoms with Crippen LogP contribution in [0.5, 0.6) is 0 Å². The molecule has 0 aliphatic rings. The molecule has 3 nitrogen and oxygen atoms in total. The van der Waals surface area contributed by atoms with E-state index in [0.29, 0.717) is 12.1 Å². The maximum atomic E-state index is 13.1. The van der Waals surface area contributed by atoms with E-state index < -0.39 is 34.9 Å². The van der Waals surface area contributed by atoms with E-state index in [-0.39, 0.29) is 6.07 Å². The quantitative estimate of drug-likeness (QED) is 0.791. The summed E-state index contributed by atoms with van der Waals surface area (Å²) in [7, 11) is 0. The molecule has 0 saturated carbocycles. The Morgan fingerprint density at radius 2 is 1.76 bits per heavy atom. The Morgan fingerprint density at radius 1 is 1.24 bits per heavy atom. The lowest BCUT2D eigenvalue weighted by molar-refractivity contribution is -0.205. The van der Waals surface area contributed by atoms with Crippen molar-refractivity contribution in [3.05, 3.63) is 35.4 Å². The molecule has 1 aromatic carbocycles. The summed E-state index contributed by atoms with van der Waals surface area (Å²) in [5.74, 6) is -5.29. The third-order valence-electron chi connectivity index (χ3n) is 2.14. The number of nitrogens with two attached hydrogens (primary N) is 1. The molecule has 1 aromatic rings. The largest absolute Gasteiger partial charge is 0.479 e. The minimum absolute atomic E-state index is 0.108. The van der Waals surface area contributed by atoms with Crippen LogP contribution in [0.25, 0.3) is 0 Å². The molecule has 17 heavy (non-hydrogen) atoms. The van der Waals surface area contributed by atoms with E-state index >= 15 is 0 Å². The van der Waals surface area contributed by atoms with Gasteiger partial charge in [-0.2, -0.15) is 13.2 Å². The predicted molar refractivity (Wildman–Crippen MR) is 45.9 cm³/mol. The van der Waals surface area contributed by atoms with Gasteiger partial charge in [-0.1, -0.05) is 0 Å². The fourth-order valence-corrected chi connectivity index (χ4v) is 1.19. The smallest absolute Gasteiger partial charge is 0.421 e. The second kappa shape index (κ2) is 3.95. The molecule has 0 heterocycles. The van der Waals surface area contributed by atoms with E-state index in [1.54, 1.807) is 0 Å². The molecule has 0 aromatic heterocycles. The molecule has 3 N–H and O–H groups in total. The van der Waals surface area contributed by atoms with Crippen LogP contribution in [-0.2, 0) is 10.3 Å². The lowest BCUT2D eigenvalue weighted by Crippen LogP contribution is -2.57. The Kier molecular flexibility index (Phi) is 3.11. The van der Waals surface area contributed by atoms with Gasteiger partial charge in [-0.15, -0.1) is 0 Å². The van der Waals surface area contributed by atoms with Gasteiger partial charge in [0.1, 0.15) is 11.6 Å². The summed E-state index contributed by atoms with van der Waals surface area (Å²) in [4.78, 5) is 10.6. The van der Waals surface area contributed by atoms with Crippen molar-refractivity contribution in [1.29, 1.82) is 0 Å². The van der Waals surface area contributed by atoms with Gasteiger partial charge in [0.05, 0.1) is 0 Å². The number of rotatable bonds is 2. The molecule has 0 radical (unpaired) electrons. The van der Waals surface area contributed by atoms with E-state index in [1.807, 2.05) is 0 Å². The van der Waals surface area contributed by atoms with Gasteiger partial charge in [0.2, 0.25) is 5.54 Å². The fraction of sp³-hybridized carbons (Fsp3) is 0.222. The first-order chi connectivity index (χ1) is 7.60. The Bertz CT molecular complexity index is 459. The standard InChI is InChI=1S/C9H6F5NO2/c10-4-1-2-6(11)5(3-4)8(15,7(16)17)9(12,13)14/h1-3H,15H2,(H,16,17). The average Bonchev–Trinajstić information content (AvgIpc) is 2.18. The van der Waals surface area contributed by atoms with Crippen molar-refractivity contribution >= 4 is 5.97 Å². The van der Waals surface area contributed by atoms with Crippen LogP contribution in [0, 0.1) is 11.6 Å². The van der Waals surface area contributed by atoms with E-state index in [2.05, 4.69) is 5.73 Å². The summed E-state index contributed by atoms with van der Waals surface area (Å²) in [5, 5.41) is 8.50. The SMILES string of the molecule is NC(C(=O)O)(c1cc(F)ccc1F)C(F)(F)F. The first-order valence-electron chi connectivity index (χ1n) is 4.15. The first kappa shape index (κ1) is 13.4. The molecule has 94 valence electrons. The van der Waals surface area contributed by atoms with Crippen LogP contribution in [0.3, 0.4) is 0 Å². The number of carboxylic acids is 1. The molecule has 0 fully saturated rings. The van der Waals surface area contributed by atoms with Gasteiger partial charge in [-0.3, -0.25) is 0 Å². The number of hydrogen-bond acceptors (Lipinski definition) is 2. The van der Waals surface area contributed by atoms with Crippen molar-refractivity contribution in [3.8, 4) is 0 Å². The monoisotopic (exact) mass is 255 g/mol. The summed E-state index contributed by atoms with van der Waals surface area (Å²) in [6.07, 6.45) is -5.46. The van der Waals surface area contributed by atoms with Gasteiger partial charge in [-0.25, -0.2) is 13.6 Å². The third kappa shape index (κ3) is 2.07. The zero-order valence-electron chi connectivity index (χ0n) is 8.05. The lowest BCUT2D eigenvalue weighted by Gasteiger charge is -2.27. The van der Waals surface area contributed by atoms with E-state index in [1.165, 1.54) is 0 Å². The van der Waals surface area contributed by atoms with Crippen molar-refractivity contribution in [2.45, 2.75) is 11.7 Å². The molecule has 0 saturated heterocycles. The lowest BCUT2D eigenvalue weighted by atomic mass is 9.90. The molecule has 1 atom stereocenters. The van der Waals surface area contributed by atoms with E-state index in [9.17, 15) is 26.7 Å². The summed E-state index contributed by atoms with van der Waals surface area (Å²) in [5.41, 5.74) is -0.784. The molecule has 0 spiro atoms.